The Hall–Kier alpha value is -3.07. The van der Waals surface area contributed by atoms with Gasteiger partial charge in [0.25, 0.3) is 5.91 Å². The van der Waals surface area contributed by atoms with Gasteiger partial charge in [0.1, 0.15) is 12.0 Å². The maximum atomic E-state index is 12.4. The van der Waals surface area contributed by atoms with Crippen LogP contribution < -0.4 is 21.5 Å². The molecule has 2 heterocycles. The maximum absolute atomic E-state index is 12.4. The van der Waals surface area contributed by atoms with Gasteiger partial charge >= 0.3 is 0 Å². The first-order chi connectivity index (χ1) is 15.5. The lowest BCUT2D eigenvalue weighted by atomic mass is 10.2. The van der Waals surface area contributed by atoms with Crippen LogP contribution in [0.1, 0.15) is 15.9 Å². The van der Waals surface area contributed by atoms with E-state index in [1.165, 1.54) is 18.0 Å². The Bertz CT molecular complexity index is 1090. The number of hydrogen-bond acceptors (Lipinski definition) is 7. The van der Waals surface area contributed by atoms with Crippen molar-refractivity contribution in [2.45, 2.75) is 6.54 Å². The minimum absolute atomic E-state index is 0.251. The summed E-state index contributed by atoms with van der Waals surface area (Å²) in [5, 5.41) is 0.703. The van der Waals surface area contributed by atoms with E-state index in [1.54, 1.807) is 12.1 Å². The molecule has 1 amide bonds. The van der Waals surface area contributed by atoms with E-state index in [1.807, 2.05) is 6.07 Å². The number of anilines is 3. The zero-order valence-electron chi connectivity index (χ0n) is 17.3. The molecule has 0 bridgehead atoms. The van der Waals surface area contributed by atoms with E-state index < -0.39 is 5.91 Å². The number of piperazine rings is 1. The first-order valence-corrected chi connectivity index (χ1v) is 10.9. The third kappa shape index (κ3) is 5.21. The van der Waals surface area contributed by atoms with Crippen molar-refractivity contribution in [3.63, 3.8) is 0 Å². The first-order valence-electron chi connectivity index (χ1n) is 10.1. The lowest BCUT2D eigenvalue weighted by Gasteiger charge is -2.36. The van der Waals surface area contributed by atoms with E-state index in [4.69, 9.17) is 28.9 Å². The molecule has 166 valence electrons. The van der Waals surface area contributed by atoms with Gasteiger partial charge in [0.15, 0.2) is 11.6 Å². The standard InChI is InChI=1S/C22H23Cl2N7O/c23-16-6-7-17(18(24)12-16)22(32)29-28-20-19(25)21(27-14-26-20)31-10-8-30(9-11-31)13-15-4-2-1-3-5-15/h1-7,12,14H,8-11,13,25H2,(H,29,32)(H,26,27,28). The van der Waals surface area contributed by atoms with Crippen molar-refractivity contribution in [1.82, 2.24) is 20.3 Å². The highest BCUT2D eigenvalue weighted by Gasteiger charge is 2.21. The summed E-state index contributed by atoms with van der Waals surface area (Å²) in [5.41, 5.74) is 13.6. The number of hydrazine groups is 1. The van der Waals surface area contributed by atoms with Crippen LogP contribution in [0.4, 0.5) is 17.3 Å². The Morgan fingerprint density at radius 3 is 2.50 bits per heavy atom. The molecule has 0 spiro atoms. The van der Waals surface area contributed by atoms with Crippen LogP contribution in [0, 0.1) is 0 Å². The molecule has 2 aromatic carbocycles. The fourth-order valence-electron chi connectivity index (χ4n) is 3.55. The molecule has 0 unspecified atom stereocenters. The predicted octanol–water partition coefficient (Wildman–Crippen LogP) is 3.44. The second-order valence-corrected chi connectivity index (χ2v) is 8.26. The molecule has 32 heavy (non-hydrogen) atoms. The monoisotopic (exact) mass is 471 g/mol. The summed E-state index contributed by atoms with van der Waals surface area (Å²) in [5.74, 6) is 0.529. The predicted molar refractivity (Wildman–Crippen MR) is 128 cm³/mol. The van der Waals surface area contributed by atoms with Crippen LogP contribution in [0.2, 0.25) is 10.0 Å². The van der Waals surface area contributed by atoms with Gasteiger partial charge in [-0.2, -0.15) is 0 Å². The quantitative estimate of drug-likeness (QED) is 0.473. The van der Waals surface area contributed by atoms with E-state index in [0.717, 1.165) is 32.7 Å². The number of nitrogens with two attached hydrogens (primary N) is 1. The molecule has 1 aliphatic heterocycles. The number of nitrogens with one attached hydrogen (secondary N) is 2. The topological polar surface area (TPSA) is 99.4 Å². The zero-order valence-corrected chi connectivity index (χ0v) is 18.8. The molecular weight excluding hydrogens is 449 g/mol. The van der Waals surface area contributed by atoms with Crippen LogP contribution in [-0.2, 0) is 6.54 Å². The highest BCUT2D eigenvalue weighted by atomic mass is 35.5. The van der Waals surface area contributed by atoms with Crippen molar-refractivity contribution in [2.75, 3.05) is 42.2 Å². The second kappa shape index (κ2) is 10.0. The number of amides is 1. The van der Waals surface area contributed by atoms with E-state index in [0.29, 0.717) is 22.3 Å². The van der Waals surface area contributed by atoms with Gasteiger partial charge in [0.05, 0.1) is 10.6 Å². The number of carbonyl (C=O) groups is 1. The van der Waals surface area contributed by atoms with Gasteiger partial charge in [-0.05, 0) is 23.8 Å². The van der Waals surface area contributed by atoms with Crippen molar-refractivity contribution in [2.24, 2.45) is 0 Å². The van der Waals surface area contributed by atoms with Gasteiger partial charge in [-0.25, -0.2) is 9.97 Å². The molecule has 0 radical (unpaired) electrons. The maximum Gasteiger partial charge on any atom is 0.271 e. The molecule has 8 nitrogen and oxygen atoms in total. The van der Waals surface area contributed by atoms with Gasteiger partial charge in [0.2, 0.25) is 0 Å². The van der Waals surface area contributed by atoms with Crippen molar-refractivity contribution >= 4 is 46.4 Å². The number of halogens is 2. The zero-order chi connectivity index (χ0) is 22.5. The number of nitrogen functional groups attached to an aromatic ring is 1. The number of aromatic nitrogens is 2. The highest BCUT2D eigenvalue weighted by molar-refractivity contribution is 6.36. The highest BCUT2D eigenvalue weighted by Crippen LogP contribution is 2.27. The Morgan fingerprint density at radius 2 is 1.78 bits per heavy atom. The van der Waals surface area contributed by atoms with Gasteiger partial charge < -0.3 is 10.6 Å². The van der Waals surface area contributed by atoms with Gasteiger partial charge in [-0.3, -0.25) is 20.5 Å². The third-order valence-corrected chi connectivity index (χ3v) is 5.80. The van der Waals surface area contributed by atoms with Crippen molar-refractivity contribution in [1.29, 1.82) is 0 Å². The van der Waals surface area contributed by atoms with Gasteiger partial charge in [-0.15, -0.1) is 0 Å². The Kier molecular flexibility index (Phi) is 6.94. The van der Waals surface area contributed by atoms with Crippen LogP contribution in [0.3, 0.4) is 0 Å². The number of hydrogen-bond donors (Lipinski definition) is 3. The molecule has 4 N–H and O–H groups in total. The van der Waals surface area contributed by atoms with Gasteiger partial charge in [0, 0.05) is 37.7 Å². The van der Waals surface area contributed by atoms with Crippen molar-refractivity contribution < 1.29 is 4.79 Å². The Labute approximate surface area is 196 Å². The van der Waals surface area contributed by atoms with Crippen LogP contribution in [0.5, 0.6) is 0 Å². The molecule has 1 fully saturated rings. The molecule has 10 heteroatoms. The fourth-order valence-corrected chi connectivity index (χ4v) is 4.05. The van der Waals surface area contributed by atoms with E-state index in [2.05, 4.69) is 54.9 Å². The summed E-state index contributed by atoms with van der Waals surface area (Å²) in [6, 6.07) is 15.1. The fraction of sp³-hybridized carbons (Fsp3) is 0.227. The minimum Gasteiger partial charge on any atom is -0.393 e. The molecule has 0 atom stereocenters. The van der Waals surface area contributed by atoms with Crippen molar-refractivity contribution in [3.05, 3.63) is 76.0 Å². The molecule has 1 aliphatic rings. The Morgan fingerprint density at radius 1 is 1.03 bits per heavy atom. The molecule has 0 saturated carbocycles. The number of benzene rings is 2. The van der Waals surface area contributed by atoms with Crippen molar-refractivity contribution in [3.8, 4) is 0 Å². The Balaban J connectivity index is 1.37. The van der Waals surface area contributed by atoms with E-state index in [-0.39, 0.29) is 10.6 Å². The summed E-state index contributed by atoms with van der Waals surface area (Å²) in [6.45, 7) is 4.29. The molecule has 0 aliphatic carbocycles. The number of carbonyl (C=O) groups excluding carboxylic acids is 1. The minimum atomic E-state index is -0.430. The molecule has 1 aromatic heterocycles. The summed E-state index contributed by atoms with van der Waals surface area (Å²) in [4.78, 5) is 25.5. The molecule has 1 saturated heterocycles. The summed E-state index contributed by atoms with van der Waals surface area (Å²) in [6.07, 6.45) is 1.42. The summed E-state index contributed by atoms with van der Waals surface area (Å²) < 4.78 is 0. The lowest BCUT2D eigenvalue weighted by Crippen LogP contribution is -2.46. The second-order valence-electron chi connectivity index (χ2n) is 7.41. The van der Waals surface area contributed by atoms with E-state index in [9.17, 15) is 4.79 Å². The SMILES string of the molecule is Nc1c(NNC(=O)c2ccc(Cl)cc2Cl)ncnc1N1CCN(Cc2ccccc2)CC1. The first kappa shape index (κ1) is 22.1. The summed E-state index contributed by atoms with van der Waals surface area (Å²) >= 11 is 12.0. The van der Waals surface area contributed by atoms with Crippen LogP contribution >= 0.6 is 23.2 Å². The van der Waals surface area contributed by atoms with Crippen LogP contribution in [0.25, 0.3) is 0 Å². The van der Waals surface area contributed by atoms with Gasteiger partial charge in [-0.1, -0.05) is 53.5 Å². The number of rotatable bonds is 6. The number of nitrogens with zero attached hydrogens (tertiary/aromatic N) is 4. The van der Waals surface area contributed by atoms with E-state index >= 15 is 0 Å². The molecule has 3 aromatic rings. The smallest absolute Gasteiger partial charge is 0.271 e. The normalized spacial score (nSPS) is 14.2. The third-order valence-electron chi connectivity index (χ3n) is 5.25. The molecular formula is C22H23Cl2N7O. The largest absolute Gasteiger partial charge is 0.393 e. The molecule has 4 rings (SSSR count). The van der Waals surface area contributed by atoms with Crippen LogP contribution in [-0.4, -0.2) is 47.0 Å². The average Bonchev–Trinajstić information content (AvgIpc) is 2.79. The van der Waals surface area contributed by atoms with Crippen LogP contribution in [0.15, 0.2) is 54.9 Å². The average molecular weight is 472 g/mol. The summed E-state index contributed by atoms with van der Waals surface area (Å²) in [7, 11) is 0. The lowest BCUT2D eigenvalue weighted by molar-refractivity contribution is 0.0962.